The van der Waals surface area contributed by atoms with E-state index in [0.29, 0.717) is 29.1 Å². The molecule has 0 spiro atoms. The summed E-state index contributed by atoms with van der Waals surface area (Å²) < 4.78 is 5.16. The first-order chi connectivity index (χ1) is 13.4. The molecule has 3 rings (SSSR count). The Hall–Kier alpha value is -2.08. The smallest absolute Gasteiger partial charge is 0.311 e. The van der Waals surface area contributed by atoms with Crippen LogP contribution in [-0.4, -0.2) is 41.9 Å². The maximum Gasteiger partial charge on any atom is 0.311 e. The quantitative estimate of drug-likeness (QED) is 0.759. The van der Waals surface area contributed by atoms with Crippen LogP contribution in [0.2, 0.25) is 5.02 Å². The fourth-order valence-electron chi connectivity index (χ4n) is 4.21. The number of esters is 1. The van der Waals surface area contributed by atoms with E-state index in [1.54, 1.807) is 24.3 Å². The molecule has 0 unspecified atom stereocenters. The summed E-state index contributed by atoms with van der Waals surface area (Å²) in [6.07, 6.45) is 3.44. The summed E-state index contributed by atoms with van der Waals surface area (Å²) in [5.41, 5.74) is 0.466. The first-order valence-corrected chi connectivity index (χ1v) is 10.2. The van der Waals surface area contributed by atoms with Crippen molar-refractivity contribution < 1.29 is 19.1 Å². The average molecular weight is 407 g/mol. The molecule has 1 aliphatic carbocycles. The van der Waals surface area contributed by atoms with Crippen molar-refractivity contribution in [1.82, 2.24) is 4.90 Å². The van der Waals surface area contributed by atoms with Gasteiger partial charge in [-0.2, -0.15) is 0 Å². The van der Waals surface area contributed by atoms with Gasteiger partial charge in [0.1, 0.15) is 0 Å². The van der Waals surface area contributed by atoms with Gasteiger partial charge < -0.3 is 15.0 Å². The molecule has 28 heavy (non-hydrogen) atoms. The minimum atomic E-state index is -0.509. The Labute approximate surface area is 170 Å². The zero-order valence-electron chi connectivity index (χ0n) is 16.3. The number of rotatable bonds is 5. The Kier molecular flexibility index (Phi) is 6.60. The van der Waals surface area contributed by atoms with Gasteiger partial charge >= 0.3 is 5.97 Å². The highest BCUT2D eigenvalue weighted by atomic mass is 35.5. The van der Waals surface area contributed by atoms with Gasteiger partial charge in [-0.1, -0.05) is 50.4 Å². The third kappa shape index (κ3) is 4.66. The van der Waals surface area contributed by atoms with E-state index in [1.807, 2.05) is 4.90 Å². The Bertz CT molecular complexity index is 754. The number of nitrogens with zero attached hydrogens (tertiary/aromatic N) is 1. The highest BCUT2D eigenvalue weighted by molar-refractivity contribution is 6.33. The molecule has 1 saturated carbocycles. The molecule has 2 amide bonds. The van der Waals surface area contributed by atoms with Gasteiger partial charge in [0.2, 0.25) is 5.91 Å². The number of carbonyl (C=O) groups excluding carboxylic acids is 3. The van der Waals surface area contributed by atoms with Crippen LogP contribution in [0.1, 0.15) is 39.5 Å². The van der Waals surface area contributed by atoms with Gasteiger partial charge in [0, 0.05) is 19.0 Å². The predicted octanol–water partition coefficient (Wildman–Crippen LogP) is 3.49. The number of anilines is 1. The summed E-state index contributed by atoms with van der Waals surface area (Å²) in [6.45, 7) is 4.39. The van der Waals surface area contributed by atoms with Crippen molar-refractivity contribution in [3.8, 4) is 0 Å². The van der Waals surface area contributed by atoms with Crippen molar-refractivity contribution in [2.75, 3.05) is 18.5 Å². The van der Waals surface area contributed by atoms with E-state index in [0.717, 1.165) is 12.8 Å². The van der Waals surface area contributed by atoms with Crippen molar-refractivity contribution in [3.63, 3.8) is 0 Å². The van der Waals surface area contributed by atoms with E-state index < -0.39 is 24.4 Å². The third-order valence-corrected chi connectivity index (χ3v) is 6.38. The number of likely N-dealkylation sites (tertiary alicyclic amines) is 1. The number of carbonyl (C=O) groups is 3. The summed E-state index contributed by atoms with van der Waals surface area (Å²) in [6, 6.07) is 7.03. The van der Waals surface area contributed by atoms with Crippen LogP contribution < -0.4 is 5.32 Å². The minimum absolute atomic E-state index is 0.00780. The molecule has 0 radical (unpaired) electrons. The highest BCUT2D eigenvalue weighted by Gasteiger charge is 2.42. The normalized spacial score (nSPS) is 27.5. The van der Waals surface area contributed by atoms with Crippen molar-refractivity contribution >= 4 is 35.1 Å². The van der Waals surface area contributed by atoms with Crippen LogP contribution in [0, 0.1) is 17.8 Å². The summed E-state index contributed by atoms with van der Waals surface area (Å²) in [5.74, 6) is -0.461. The second kappa shape index (κ2) is 8.95. The summed E-state index contributed by atoms with van der Waals surface area (Å²) in [4.78, 5) is 38.7. The van der Waals surface area contributed by atoms with E-state index in [4.69, 9.17) is 16.3 Å². The lowest BCUT2D eigenvalue weighted by Gasteiger charge is -2.39. The molecule has 0 aromatic heterocycles. The Morgan fingerprint density at radius 3 is 2.75 bits per heavy atom. The van der Waals surface area contributed by atoms with Crippen LogP contribution >= 0.6 is 11.6 Å². The Morgan fingerprint density at radius 1 is 1.25 bits per heavy atom. The number of halogens is 1. The fraction of sp³-hybridized carbons (Fsp3) is 0.571. The van der Waals surface area contributed by atoms with Crippen molar-refractivity contribution in [1.29, 1.82) is 0 Å². The number of nitrogens with one attached hydrogen (secondary N) is 1. The molecule has 6 nitrogen and oxygen atoms in total. The van der Waals surface area contributed by atoms with Crippen molar-refractivity contribution in [2.24, 2.45) is 17.8 Å². The van der Waals surface area contributed by atoms with Crippen LogP contribution in [0.15, 0.2) is 24.3 Å². The monoisotopic (exact) mass is 406 g/mol. The molecule has 1 saturated heterocycles. The second-order valence-corrected chi connectivity index (χ2v) is 8.32. The summed E-state index contributed by atoms with van der Waals surface area (Å²) in [5, 5.41) is 3.02. The van der Waals surface area contributed by atoms with Crippen LogP contribution in [0.4, 0.5) is 5.69 Å². The molecule has 7 heteroatoms. The van der Waals surface area contributed by atoms with Crippen LogP contribution in [0.3, 0.4) is 0 Å². The highest BCUT2D eigenvalue weighted by Crippen LogP contribution is 2.35. The zero-order valence-corrected chi connectivity index (χ0v) is 17.1. The van der Waals surface area contributed by atoms with Crippen LogP contribution in [0.5, 0.6) is 0 Å². The number of amides is 2. The summed E-state index contributed by atoms with van der Waals surface area (Å²) >= 11 is 6.00. The molecule has 1 aliphatic heterocycles. The largest absolute Gasteiger partial charge is 0.455 e. The van der Waals surface area contributed by atoms with Gasteiger partial charge in [0.15, 0.2) is 6.61 Å². The van der Waals surface area contributed by atoms with E-state index in [9.17, 15) is 14.4 Å². The standard InChI is InChI=1S/C21H27ClN2O4/c1-13-6-5-9-18(14(13)2)24-11-15(10-20(24)26)21(27)28-12-19(25)23-17-8-4-3-7-16(17)22/h3-4,7-8,13-15,18H,5-6,9-12H2,1-2H3,(H,23,25)/t13-,14+,15+,18-/m0/s1. The van der Waals surface area contributed by atoms with Gasteiger partial charge in [-0.25, -0.2) is 0 Å². The lowest BCUT2D eigenvalue weighted by Crippen LogP contribution is -2.45. The maximum atomic E-state index is 12.5. The topological polar surface area (TPSA) is 75.7 Å². The summed E-state index contributed by atoms with van der Waals surface area (Å²) in [7, 11) is 0. The molecule has 0 bridgehead atoms. The van der Waals surface area contributed by atoms with E-state index in [2.05, 4.69) is 19.2 Å². The molecule has 152 valence electrons. The fourth-order valence-corrected chi connectivity index (χ4v) is 4.39. The second-order valence-electron chi connectivity index (χ2n) is 7.92. The van der Waals surface area contributed by atoms with Crippen molar-refractivity contribution in [3.05, 3.63) is 29.3 Å². The molecular formula is C21H27ClN2O4. The number of para-hydroxylation sites is 1. The van der Waals surface area contributed by atoms with Gasteiger partial charge in [-0.15, -0.1) is 0 Å². The molecule has 1 heterocycles. The van der Waals surface area contributed by atoms with Gasteiger partial charge in [-0.05, 0) is 30.4 Å². The predicted molar refractivity (Wildman–Crippen MR) is 107 cm³/mol. The van der Waals surface area contributed by atoms with E-state index in [-0.39, 0.29) is 18.4 Å². The molecular weight excluding hydrogens is 380 g/mol. The average Bonchev–Trinajstić information content (AvgIpc) is 3.05. The lowest BCUT2D eigenvalue weighted by molar-refractivity contribution is -0.151. The minimum Gasteiger partial charge on any atom is -0.455 e. The molecule has 1 aromatic carbocycles. The van der Waals surface area contributed by atoms with E-state index >= 15 is 0 Å². The number of hydrogen-bond acceptors (Lipinski definition) is 4. The molecule has 2 fully saturated rings. The molecule has 1 aromatic rings. The third-order valence-electron chi connectivity index (χ3n) is 6.05. The molecule has 4 atom stereocenters. The first-order valence-electron chi connectivity index (χ1n) is 9.87. The number of ether oxygens (including phenoxy) is 1. The van der Waals surface area contributed by atoms with E-state index in [1.165, 1.54) is 6.42 Å². The maximum absolute atomic E-state index is 12.5. The lowest BCUT2D eigenvalue weighted by atomic mass is 9.77. The Morgan fingerprint density at radius 2 is 2.00 bits per heavy atom. The Balaban J connectivity index is 1.50. The van der Waals surface area contributed by atoms with Gasteiger partial charge in [0.25, 0.3) is 5.91 Å². The number of hydrogen-bond donors (Lipinski definition) is 1. The first kappa shape index (κ1) is 20.6. The molecule has 2 aliphatic rings. The van der Waals surface area contributed by atoms with Gasteiger partial charge in [0.05, 0.1) is 16.6 Å². The SMILES string of the molecule is C[C@@H]1[C@@H](C)CCC[C@@H]1N1C[C@H](C(=O)OCC(=O)Nc2ccccc2Cl)CC1=O. The van der Waals surface area contributed by atoms with Gasteiger partial charge in [-0.3, -0.25) is 14.4 Å². The molecule has 1 N–H and O–H groups in total. The number of benzene rings is 1. The zero-order chi connectivity index (χ0) is 20.3. The van der Waals surface area contributed by atoms with Crippen LogP contribution in [-0.2, 0) is 19.1 Å². The van der Waals surface area contributed by atoms with Crippen molar-refractivity contribution in [2.45, 2.75) is 45.6 Å². The van der Waals surface area contributed by atoms with Crippen LogP contribution in [0.25, 0.3) is 0 Å².